The summed E-state index contributed by atoms with van der Waals surface area (Å²) in [6, 6.07) is 12.4. The molecule has 3 rings (SSSR count). The molecule has 0 unspecified atom stereocenters. The van der Waals surface area contributed by atoms with Crippen LogP contribution in [0.25, 0.3) is 16.8 Å². The van der Waals surface area contributed by atoms with E-state index in [1.54, 1.807) is 12.2 Å². The summed E-state index contributed by atoms with van der Waals surface area (Å²) < 4.78 is 13.6. The minimum atomic E-state index is -0.141. The van der Waals surface area contributed by atoms with E-state index < -0.39 is 0 Å². The summed E-state index contributed by atoms with van der Waals surface area (Å²) >= 11 is 0. The van der Waals surface area contributed by atoms with Crippen molar-refractivity contribution in [3.8, 4) is 11.3 Å². The molecule has 1 heterocycles. The van der Waals surface area contributed by atoms with Crippen LogP contribution in [0.4, 0.5) is 4.39 Å². The number of halogens is 1. The molecule has 0 radical (unpaired) electrons. The zero-order valence-corrected chi connectivity index (χ0v) is 16.1. The molecule has 0 bridgehead atoms. The van der Waals surface area contributed by atoms with Gasteiger partial charge in [-0.15, -0.1) is 0 Å². The lowest BCUT2D eigenvalue weighted by Gasteiger charge is -2.15. The highest BCUT2D eigenvalue weighted by Gasteiger charge is 2.12. The fourth-order valence-electron chi connectivity index (χ4n) is 3.56. The number of nitrogens with zero attached hydrogens (tertiary/aromatic N) is 1. The Morgan fingerprint density at radius 3 is 2.70 bits per heavy atom. The molecule has 0 amide bonds. The molecule has 138 valence electrons. The van der Waals surface area contributed by atoms with Crippen molar-refractivity contribution in [2.75, 3.05) is 0 Å². The standard InChI is InChI=1S/C25H26FN/c1-18(2)25-19(3)16-24(21-12-5-4-6-13-21)27-23(25)15-9-11-20-10-7-8-14-22(26)17-20/h4-7,10,12-14,16-17H,1,8-9,11,15H2,2-3H3. The summed E-state index contributed by atoms with van der Waals surface area (Å²) in [6.45, 7) is 8.31. The van der Waals surface area contributed by atoms with Gasteiger partial charge in [0.2, 0.25) is 0 Å². The molecule has 0 N–H and O–H groups in total. The first-order valence-corrected chi connectivity index (χ1v) is 9.49. The Kier molecular flexibility index (Phi) is 6.18. The van der Waals surface area contributed by atoms with Gasteiger partial charge in [0.05, 0.1) is 5.69 Å². The van der Waals surface area contributed by atoms with Crippen LogP contribution in [0.3, 0.4) is 0 Å². The lowest BCUT2D eigenvalue weighted by atomic mass is 9.95. The smallest absolute Gasteiger partial charge is 0.119 e. The van der Waals surface area contributed by atoms with Crippen LogP contribution in [0.5, 0.6) is 0 Å². The molecule has 0 saturated carbocycles. The average Bonchev–Trinajstić information content (AvgIpc) is 2.85. The van der Waals surface area contributed by atoms with Crippen molar-refractivity contribution < 1.29 is 4.39 Å². The van der Waals surface area contributed by atoms with Crippen molar-refractivity contribution in [3.63, 3.8) is 0 Å². The number of allylic oxidation sites excluding steroid dienone is 7. The van der Waals surface area contributed by atoms with Crippen molar-refractivity contribution in [1.82, 2.24) is 4.98 Å². The molecule has 0 fully saturated rings. The minimum absolute atomic E-state index is 0.141. The normalized spacial score (nSPS) is 13.7. The van der Waals surface area contributed by atoms with Crippen LogP contribution in [-0.4, -0.2) is 4.98 Å². The van der Waals surface area contributed by atoms with Gasteiger partial charge in [0.15, 0.2) is 0 Å². The topological polar surface area (TPSA) is 12.9 Å². The van der Waals surface area contributed by atoms with Crippen molar-refractivity contribution in [2.45, 2.75) is 39.5 Å². The van der Waals surface area contributed by atoms with Crippen molar-refractivity contribution in [2.24, 2.45) is 0 Å². The van der Waals surface area contributed by atoms with Gasteiger partial charge >= 0.3 is 0 Å². The van der Waals surface area contributed by atoms with E-state index in [0.717, 1.165) is 52.9 Å². The predicted molar refractivity (Wildman–Crippen MR) is 113 cm³/mol. The first-order valence-electron chi connectivity index (χ1n) is 9.49. The molecule has 0 atom stereocenters. The van der Waals surface area contributed by atoms with E-state index >= 15 is 0 Å². The third kappa shape index (κ3) is 4.91. The Balaban J connectivity index is 1.83. The van der Waals surface area contributed by atoms with Crippen molar-refractivity contribution in [3.05, 3.63) is 95.5 Å². The highest BCUT2D eigenvalue weighted by Crippen LogP contribution is 2.28. The molecule has 1 aliphatic carbocycles. The van der Waals surface area contributed by atoms with Gasteiger partial charge in [-0.2, -0.15) is 0 Å². The maximum absolute atomic E-state index is 13.6. The number of rotatable bonds is 6. The highest BCUT2D eigenvalue weighted by atomic mass is 19.1. The van der Waals surface area contributed by atoms with E-state index in [-0.39, 0.29) is 5.83 Å². The molecule has 2 aromatic rings. The molecule has 2 heteroatoms. The minimum Gasteiger partial charge on any atom is -0.252 e. The number of aromatic nitrogens is 1. The van der Waals surface area contributed by atoms with Gasteiger partial charge in [-0.05, 0) is 74.5 Å². The zero-order chi connectivity index (χ0) is 19.2. The van der Waals surface area contributed by atoms with E-state index in [9.17, 15) is 4.39 Å². The van der Waals surface area contributed by atoms with Gasteiger partial charge in [-0.3, -0.25) is 4.98 Å². The lowest BCUT2D eigenvalue weighted by Crippen LogP contribution is -2.02. The zero-order valence-electron chi connectivity index (χ0n) is 16.1. The first kappa shape index (κ1) is 19.0. The molecule has 0 spiro atoms. The van der Waals surface area contributed by atoms with Gasteiger partial charge in [0, 0.05) is 16.8 Å². The summed E-state index contributed by atoms with van der Waals surface area (Å²) in [5.74, 6) is -0.141. The second-order valence-corrected chi connectivity index (χ2v) is 7.09. The lowest BCUT2D eigenvalue weighted by molar-refractivity contribution is 0.660. The van der Waals surface area contributed by atoms with E-state index in [1.165, 1.54) is 5.56 Å². The SMILES string of the molecule is C=C(C)c1c(C)cc(-c2ccccc2)nc1CCCC1=CC(F)=CCC=C1. The van der Waals surface area contributed by atoms with Crippen LogP contribution in [0.2, 0.25) is 0 Å². The molecule has 0 saturated heterocycles. The Morgan fingerprint density at radius 2 is 1.96 bits per heavy atom. The summed E-state index contributed by atoms with van der Waals surface area (Å²) in [7, 11) is 0. The quantitative estimate of drug-likeness (QED) is 0.533. The van der Waals surface area contributed by atoms with Gasteiger partial charge < -0.3 is 0 Å². The van der Waals surface area contributed by atoms with Crippen LogP contribution in [0.15, 0.2) is 78.7 Å². The summed E-state index contributed by atoms with van der Waals surface area (Å²) in [4.78, 5) is 4.96. The monoisotopic (exact) mass is 359 g/mol. The second-order valence-electron chi connectivity index (χ2n) is 7.09. The molecule has 1 aromatic heterocycles. The Labute approximate surface area is 161 Å². The summed E-state index contributed by atoms with van der Waals surface area (Å²) in [5.41, 5.74) is 7.63. The summed E-state index contributed by atoms with van der Waals surface area (Å²) in [6.07, 6.45) is 10.6. The van der Waals surface area contributed by atoms with Gasteiger partial charge in [-0.1, -0.05) is 49.1 Å². The Bertz CT molecular complexity index is 917. The van der Waals surface area contributed by atoms with Crippen LogP contribution >= 0.6 is 0 Å². The van der Waals surface area contributed by atoms with Gasteiger partial charge in [-0.25, -0.2) is 4.39 Å². The average molecular weight is 359 g/mol. The number of benzene rings is 1. The molecular weight excluding hydrogens is 333 g/mol. The molecular formula is C25H26FN. The highest BCUT2D eigenvalue weighted by molar-refractivity contribution is 5.70. The fourth-order valence-corrected chi connectivity index (χ4v) is 3.56. The van der Waals surface area contributed by atoms with E-state index in [1.807, 2.05) is 37.3 Å². The van der Waals surface area contributed by atoms with Gasteiger partial charge in [0.1, 0.15) is 5.83 Å². The van der Waals surface area contributed by atoms with E-state index in [4.69, 9.17) is 4.98 Å². The largest absolute Gasteiger partial charge is 0.252 e. The molecule has 1 nitrogen and oxygen atoms in total. The van der Waals surface area contributed by atoms with Crippen LogP contribution in [0, 0.1) is 6.92 Å². The second kappa shape index (κ2) is 8.77. The predicted octanol–water partition coefficient (Wildman–Crippen LogP) is 7.15. The molecule has 1 aliphatic rings. The van der Waals surface area contributed by atoms with Crippen molar-refractivity contribution in [1.29, 1.82) is 0 Å². The Morgan fingerprint density at radius 1 is 1.19 bits per heavy atom. The molecule has 27 heavy (non-hydrogen) atoms. The molecule has 0 aliphatic heterocycles. The van der Waals surface area contributed by atoms with Crippen molar-refractivity contribution >= 4 is 5.57 Å². The Hall–Kier alpha value is -2.74. The summed E-state index contributed by atoms with van der Waals surface area (Å²) in [5, 5.41) is 0. The first-order chi connectivity index (χ1) is 13.0. The maximum Gasteiger partial charge on any atom is 0.119 e. The van der Waals surface area contributed by atoms with Crippen LogP contribution in [0.1, 0.15) is 43.0 Å². The van der Waals surface area contributed by atoms with Crippen LogP contribution < -0.4 is 0 Å². The van der Waals surface area contributed by atoms with E-state index in [2.05, 4.69) is 31.7 Å². The van der Waals surface area contributed by atoms with Crippen LogP contribution in [-0.2, 0) is 6.42 Å². The molecule has 1 aromatic carbocycles. The number of pyridine rings is 1. The third-order valence-electron chi connectivity index (χ3n) is 4.77. The number of hydrogen-bond acceptors (Lipinski definition) is 1. The van der Waals surface area contributed by atoms with Gasteiger partial charge in [0.25, 0.3) is 0 Å². The number of aryl methyl sites for hydroxylation is 2. The fraction of sp³-hybridized carbons (Fsp3) is 0.240. The maximum atomic E-state index is 13.6. The van der Waals surface area contributed by atoms with E-state index in [0.29, 0.717) is 6.42 Å². The number of hydrogen-bond donors (Lipinski definition) is 0. The third-order valence-corrected chi connectivity index (χ3v) is 4.77.